The molecule has 5 aromatic rings. The molecule has 5 heteroatoms. The van der Waals surface area contributed by atoms with Gasteiger partial charge in [0.15, 0.2) is 0 Å². The van der Waals surface area contributed by atoms with Crippen LogP contribution in [0, 0.1) is 6.92 Å². The van der Waals surface area contributed by atoms with E-state index in [1.54, 1.807) is 0 Å². The number of nitrogens with one attached hydrogen (secondary N) is 2. The Hall–Kier alpha value is -3.99. The molecule has 0 aliphatic rings. The first kappa shape index (κ1) is 19.0. The minimum atomic E-state index is 0.184. The largest absolute Gasteiger partial charge is 0.360 e. The number of H-pyrrole nitrogens is 2. The lowest BCUT2D eigenvalue weighted by atomic mass is 10.0. The van der Waals surface area contributed by atoms with Crippen LogP contribution in [0.25, 0.3) is 33.8 Å². The van der Waals surface area contributed by atoms with Gasteiger partial charge < -0.3 is 9.97 Å². The number of ketones is 1. The first-order valence-electron chi connectivity index (χ1n) is 10.3. The van der Waals surface area contributed by atoms with E-state index >= 15 is 0 Å². The standard InChI is InChI=1S/C26H22N4O/c1-17-6-8-18(9-7-17)14-20(31)15-19-10-11-21-24(16-19)30-26(23-5-3-13-28-23)25(29-21)22-4-2-12-27-22/h2-13,16,27-28H,14-15H2,1H3. The highest BCUT2D eigenvalue weighted by Crippen LogP contribution is 2.29. The maximum Gasteiger partial charge on any atom is 0.141 e. The van der Waals surface area contributed by atoms with Gasteiger partial charge in [-0.2, -0.15) is 0 Å². The van der Waals surface area contributed by atoms with Crippen LogP contribution in [0.1, 0.15) is 16.7 Å². The number of carbonyl (C=O) groups is 1. The van der Waals surface area contributed by atoms with Gasteiger partial charge in [0.25, 0.3) is 0 Å². The van der Waals surface area contributed by atoms with Crippen LogP contribution in [0.3, 0.4) is 0 Å². The molecule has 2 N–H and O–H groups in total. The average molecular weight is 406 g/mol. The molecule has 3 aromatic heterocycles. The van der Waals surface area contributed by atoms with Gasteiger partial charge in [-0.25, -0.2) is 9.97 Å². The molecule has 5 nitrogen and oxygen atoms in total. The van der Waals surface area contributed by atoms with Gasteiger partial charge in [0.1, 0.15) is 17.2 Å². The maximum absolute atomic E-state index is 12.6. The van der Waals surface area contributed by atoms with Crippen LogP contribution in [-0.4, -0.2) is 25.7 Å². The van der Waals surface area contributed by atoms with E-state index in [2.05, 4.69) is 9.97 Å². The van der Waals surface area contributed by atoms with Crippen LogP contribution >= 0.6 is 0 Å². The lowest BCUT2D eigenvalue weighted by Gasteiger charge is -2.09. The van der Waals surface area contributed by atoms with Crippen molar-refractivity contribution in [2.75, 3.05) is 0 Å². The molecule has 5 rings (SSSR count). The Morgan fingerprint density at radius 2 is 1.32 bits per heavy atom. The summed E-state index contributed by atoms with van der Waals surface area (Å²) in [5, 5.41) is 0. The smallest absolute Gasteiger partial charge is 0.141 e. The topological polar surface area (TPSA) is 74.4 Å². The minimum Gasteiger partial charge on any atom is -0.360 e. The fourth-order valence-electron chi connectivity index (χ4n) is 3.76. The number of benzene rings is 2. The highest BCUT2D eigenvalue weighted by molar-refractivity contribution is 5.87. The number of hydrogen-bond donors (Lipinski definition) is 2. The van der Waals surface area contributed by atoms with Gasteiger partial charge in [0.05, 0.1) is 22.4 Å². The van der Waals surface area contributed by atoms with Crippen molar-refractivity contribution in [2.24, 2.45) is 0 Å². The Bertz CT molecular complexity index is 1330. The van der Waals surface area contributed by atoms with Crippen LogP contribution in [0.4, 0.5) is 0 Å². The molecular formula is C26H22N4O. The average Bonchev–Trinajstić information content (AvgIpc) is 3.49. The van der Waals surface area contributed by atoms with Gasteiger partial charge in [-0.1, -0.05) is 35.9 Å². The molecule has 0 fully saturated rings. The van der Waals surface area contributed by atoms with Crippen LogP contribution in [0.5, 0.6) is 0 Å². The molecule has 0 atom stereocenters. The molecule has 0 saturated heterocycles. The maximum atomic E-state index is 12.6. The third kappa shape index (κ3) is 4.03. The molecule has 0 unspecified atom stereocenters. The van der Waals surface area contributed by atoms with E-state index in [1.165, 1.54) is 5.56 Å². The van der Waals surface area contributed by atoms with Crippen molar-refractivity contribution in [3.05, 3.63) is 95.8 Å². The number of aryl methyl sites for hydroxylation is 1. The third-order valence-corrected chi connectivity index (χ3v) is 5.36. The Labute approximate surface area is 180 Å². The van der Waals surface area contributed by atoms with E-state index in [1.807, 2.05) is 86.0 Å². The summed E-state index contributed by atoms with van der Waals surface area (Å²) < 4.78 is 0. The van der Waals surface area contributed by atoms with E-state index < -0.39 is 0 Å². The highest BCUT2D eigenvalue weighted by Gasteiger charge is 2.15. The normalized spacial score (nSPS) is 11.1. The molecule has 152 valence electrons. The van der Waals surface area contributed by atoms with Crippen molar-refractivity contribution >= 4 is 16.8 Å². The van der Waals surface area contributed by atoms with Crippen molar-refractivity contribution in [1.29, 1.82) is 0 Å². The summed E-state index contributed by atoms with van der Waals surface area (Å²) in [5.74, 6) is 0.184. The lowest BCUT2D eigenvalue weighted by molar-refractivity contribution is -0.117. The van der Waals surface area contributed by atoms with Gasteiger partial charge in [0.2, 0.25) is 0 Å². The number of aromatic amines is 2. The zero-order valence-electron chi connectivity index (χ0n) is 17.2. The number of aromatic nitrogens is 4. The molecular weight excluding hydrogens is 384 g/mol. The van der Waals surface area contributed by atoms with Crippen molar-refractivity contribution in [1.82, 2.24) is 19.9 Å². The van der Waals surface area contributed by atoms with Crippen molar-refractivity contribution < 1.29 is 4.79 Å². The fraction of sp³-hybridized carbons (Fsp3) is 0.115. The molecule has 31 heavy (non-hydrogen) atoms. The van der Waals surface area contributed by atoms with Gasteiger partial charge >= 0.3 is 0 Å². The predicted molar refractivity (Wildman–Crippen MR) is 123 cm³/mol. The van der Waals surface area contributed by atoms with Crippen molar-refractivity contribution in [2.45, 2.75) is 19.8 Å². The SMILES string of the molecule is Cc1ccc(CC(=O)Cc2ccc3nc(-c4ccc[nH]4)c(-c4ccc[nH]4)nc3c2)cc1. The minimum absolute atomic E-state index is 0.184. The molecule has 0 saturated carbocycles. The monoisotopic (exact) mass is 406 g/mol. The summed E-state index contributed by atoms with van der Waals surface area (Å²) in [6.07, 6.45) is 4.56. The van der Waals surface area contributed by atoms with Crippen molar-refractivity contribution in [3.8, 4) is 22.8 Å². The first-order chi connectivity index (χ1) is 15.2. The second kappa shape index (κ2) is 8.03. The summed E-state index contributed by atoms with van der Waals surface area (Å²) in [4.78, 5) is 28.9. The predicted octanol–water partition coefficient (Wildman–Crippen LogP) is 5.28. The summed E-state index contributed by atoms with van der Waals surface area (Å²) in [7, 11) is 0. The second-order valence-corrected chi connectivity index (χ2v) is 7.79. The Balaban J connectivity index is 1.47. The summed E-state index contributed by atoms with van der Waals surface area (Å²) in [5.41, 5.74) is 8.16. The Kier molecular flexibility index (Phi) is 4.92. The number of fused-ring (bicyclic) bond motifs is 1. The van der Waals surface area contributed by atoms with Crippen LogP contribution < -0.4 is 0 Å². The molecule has 0 radical (unpaired) electrons. The summed E-state index contributed by atoms with van der Waals surface area (Å²) in [6.45, 7) is 2.05. The quantitative estimate of drug-likeness (QED) is 0.403. The number of nitrogens with zero attached hydrogens (tertiary/aromatic N) is 2. The Morgan fingerprint density at radius 1 is 0.742 bits per heavy atom. The highest BCUT2D eigenvalue weighted by atomic mass is 16.1. The zero-order chi connectivity index (χ0) is 21.2. The van der Waals surface area contributed by atoms with Crippen LogP contribution in [0.15, 0.2) is 79.1 Å². The van der Waals surface area contributed by atoms with Gasteiger partial charge in [-0.3, -0.25) is 4.79 Å². The zero-order valence-corrected chi connectivity index (χ0v) is 17.2. The lowest BCUT2D eigenvalue weighted by Crippen LogP contribution is -2.07. The van der Waals surface area contributed by atoms with Crippen molar-refractivity contribution in [3.63, 3.8) is 0 Å². The van der Waals surface area contributed by atoms with E-state index in [4.69, 9.17) is 9.97 Å². The van der Waals surface area contributed by atoms with Gasteiger partial charge in [0, 0.05) is 25.2 Å². The Morgan fingerprint density at radius 3 is 1.94 bits per heavy atom. The van der Waals surface area contributed by atoms with E-state index in [0.717, 1.165) is 44.9 Å². The molecule has 0 aliphatic heterocycles. The van der Waals surface area contributed by atoms with E-state index in [0.29, 0.717) is 12.8 Å². The van der Waals surface area contributed by atoms with Crippen LogP contribution in [0.2, 0.25) is 0 Å². The molecule has 0 amide bonds. The molecule has 2 aromatic carbocycles. The van der Waals surface area contributed by atoms with Gasteiger partial charge in [-0.15, -0.1) is 0 Å². The fourth-order valence-corrected chi connectivity index (χ4v) is 3.76. The molecule has 3 heterocycles. The van der Waals surface area contributed by atoms with E-state index in [9.17, 15) is 4.79 Å². The molecule has 0 spiro atoms. The van der Waals surface area contributed by atoms with Gasteiger partial charge in [-0.05, 0) is 54.4 Å². The third-order valence-electron chi connectivity index (χ3n) is 5.36. The first-order valence-corrected chi connectivity index (χ1v) is 10.3. The summed E-state index contributed by atoms with van der Waals surface area (Å²) >= 11 is 0. The van der Waals surface area contributed by atoms with Crippen LogP contribution in [-0.2, 0) is 17.6 Å². The number of rotatable bonds is 6. The molecule has 0 bridgehead atoms. The summed E-state index contributed by atoms with van der Waals surface area (Å²) in [6, 6.07) is 21.9. The number of carbonyl (C=O) groups excluding carboxylic acids is 1. The number of hydrogen-bond acceptors (Lipinski definition) is 3. The number of Topliss-reactive ketones (excluding diaryl/α,β-unsaturated/α-hetero) is 1. The van der Waals surface area contributed by atoms with E-state index in [-0.39, 0.29) is 5.78 Å². The molecule has 0 aliphatic carbocycles. The second-order valence-electron chi connectivity index (χ2n) is 7.79.